The normalized spacial score (nSPS) is 33.5. The van der Waals surface area contributed by atoms with E-state index in [-0.39, 0.29) is 6.09 Å². The number of nitrogens with zero attached hydrogens (tertiary/aromatic N) is 1. The van der Waals surface area contributed by atoms with Crippen molar-refractivity contribution in [2.45, 2.75) is 70.3 Å². The van der Waals surface area contributed by atoms with Crippen LogP contribution in [0.25, 0.3) is 0 Å². The number of nitrogens with one attached hydrogen (secondary N) is 1. The number of piperidine rings is 2. The maximum atomic E-state index is 12.2. The molecule has 0 aromatic heterocycles. The number of carbonyl (C=O) groups excluding carboxylic acids is 1. The Labute approximate surface area is 127 Å². The van der Waals surface area contributed by atoms with Crippen molar-refractivity contribution >= 4 is 6.09 Å². The maximum absolute atomic E-state index is 12.2. The first-order chi connectivity index (χ1) is 9.92. The number of amides is 1. The second-order valence-electron chi connectivity index (χ2n) is 7.64. The summed E-state index contributed by atoms with van der Waals surface area (Å²) in [5, 5.41) is 3.37. The van der Waals surface area contributed by atoms with Gasteiger partial charge in [-0.25, -0.2) is 4.79 Å². The monoisotopic (exact) mass is 296 g/mol. The summed E-state index contributed by atoms with van der Waals surface area (Å²) < 4.78 is 11.8. The molecule has 5 nitrogen and oxygen atoms in total. The molecule has 2 saturated heterocycles. The zero-order valence-electron chi connectivity index (χ0n) is 13.4. The van der Waals surface area contributed by atoms with Crippen molar-refractivity contribution in [2.24, 2.45) is 5.92 Å². The molecule has 3 fully saturated rings. The molecule has 1 unspecified atom stereocenters. The predicted octanol–water partition coefficient (Wildman–Crippen LogP) is 2.15. The van der Waals surface area contributed by atoms with Gasteiger partial charge in [-0.1, -0.05) is 0 Å². The molecule has 0 radical (unpaired) electrons. The molecule has 0 aromatic carbocycles. The summed E-state index contributed by atoms with van der Waals surface area (Å²) in [6.07, 6.45) is 4.88. The number of hydrogen-bond donors (Lipinski definition) is 1. The van der Waals surface area contributed by atoms with Gasteiger partial charge in [0.25, 0.3) is 0 Å². The van der Waals surface area contributed by atoms with Crippen LogP contribution in [0.5, 0.6) is 0 Å². The fraction of sp³-hybridized carbons (Fsp3) is 0.938. The van der Waals surface area contributed by atoms with Crippen molar-refractivity contribution in [1.29, 1.82) is 0 Å². The van der Waals surface area contributed by atoms with E-state index in [0.29, 0.717) is 24.2 Å². The number of rotatable bonds is 2. The Bertz CT molecular complexity index is 387. The lowest BCUT2D eigenvalue weighted by Crippen LogP contribution is -2.46. The smallest absolute Gasteiger partial charge is 0.410 e. The molecule has 21 heavy (non-hydrogen) atoms. The van der Waals surface area contributed by atoms with Crippen LogP contribution in [-0.4, -0.2) is 54.5 Å². The van der Waals surface area contributed by atoms with Crippen LogP contribution in [0.15, 0.2) is 0 Å². The lowest BCUT2D eigenvalue weighted by molar-refractivity contribution is -0.0614. The first kappa shape index (κ1) is 15.1. The Morgan fingerprint density at radius 1 is 1.19 bits per heavy atom. The number of likely N-dealkylation sites (tertiary alicyclic amines) is 1. The van der Waals surface area contributed by atoms with Gasteiger partial charge in [-0.15, -0.1) is 0 Å². The SMILES string of the molecule is CC(C)(C)OC(=O)N1CC2C[C@H]1C[C@@H]2OC1CCNCC1. The molecule has 0 spiro atoms. The van der Waals surface area contributed by atoms with E-state index in [9.17, 15) is 4.79 Å². The molecule has 1 N–H and O–H groups in total. The van der Waals surface area contributed by atoms with Gasteiger partial charge in [-0.3, -0.25) is 0 Å². The van der Waals surface area contributed by atoms with Crippen molar-refractivity contribution < 1.29 is 14.3 Å². The average molecular weight is 296 g/mol. The van der Waals surface area contributed by atoms with Crippen LogP contribution < -0.4 is 5.32 Å². The molecule has 3 atom stereocenters. The molecule has 3 aliphatic rings. The lowest BCUT2D eigenvalue weighted by atomic mass is 10.0. The van der Waals surface area contributed by atoms with E-state index >= 15 is 0 Å². The van der Waals surface area contributed by atoms with E-state index in [1.54, 1.807) is 0 Å². The topological polar surface area (TPSA) is 50.8 Å². The van der Waals surface area contributed by atoms with E-state index in [1.807, 2.05) is 25.7 Å². The van der Waals surface area contributed by atoms with Crippen molar-refractivity contribution in [1.82, 2.24) is 10.2 Å². The van der Waals surface area contributed by atoms with Gasteiger partial charge in [-0.05, 0) is 59.5 Å². The van der Waals surface area contributed by atoms with Crippen LogP contribution in [0.3, 0.4) is 0 Å². The molecule has 2 aliphatic heterocycles. The van der Waals surface area contributed by atoms with E-state index in [2.05, 4.69) is 5.32 Å². The van der Waals surface area contributed by atoms with Gasteiger partial charge in [0.2, 0.25) is 0 Å². The first-order valence-electron chi connectivity index (χ1n) is 8.28. The van der Waals surface area contributed by atoms with E-state index in [0.717, 1.165) is 45.3 Å². The lowest BCUT2D eigenvalue weighted by Gasteiger charge is -2.35. The largest absolute Gasteiger partial charge is 0.444 e. The van der Waals surface area contributed by atoms with Crippen LogP contribution in [0.1, 0.15) is 46.5 Å². The van der Waals surface area contributed by atoms with Crippen LogP contribution in [0.2, 0.25) is 0 Å². The highest BCUT2D eigenvalue weighted by molar-refractivity contribution is 5.69. The van der Waals surface area contributed by atoms with Gasteiger partial charge in [-0.2, -0.15) is 0 Å². The summed E-state index contributed by atoms with van der Waals surface area (Å²) in [6, 6.07) is 0.316. The summed E-state index contributed by atoms with van der Waals surface area (Å²) in [5.41, 5.74) is -0.413. The minimum Gasteiger partial charge on any atom is -0.444 e. The second-order valence-corrected chi connectivity index (χ2v) is 7.64. The average Bonchev–Trinajstić information content (AvgIpc) is 2.97. The highest BCUT2D eigenvalue weighted by Crippen LogP contribution is 2.41. The Balaban J connectivity index is 1.50. The van der Waals surface area contributed by atoms with Crippen LogP contribution in [0, 0.1) is 5.92 Å². The highest BCUT2D eigenvalue weighted by atomic mass is 16.6. The predicted molar refractivity (Wildman–Crippen MR) is 80.2 cm³/mol. The molecular weight excluding hydrogens is 268 g/mol. The Hall–Kier alpha value is -0.810. The van der Waals surface area contributed by atoms with Gasteiger partial charge >= 0.3 is 6.09 Å². The molecule has 3 rings (SSSR count). The molecule has 1 saturated carbocycles. The second kappa shape index (κ2) is 5.76. The van der Waals surface area contributed by atoms with Crippen molar-refractivity contribution in [3.63, 3.8) is 0 Å². The van der Waals surface area contributed by atoms with Gasteiger partial charge in [0.15, 0.2) is 0 Å². The zero-order chi connectivity index (χ0) is 15.0. The molecule has 120 valence electrons. The third kappa shape index (κ3) is 3.51. The number of ether oxygens (including phenoxy) is 2. The number of carbonyl (C=O) groups is 1. The fourth-order valence-electron chi connectivity index (χ4n) is 3.80. The Morgan fingerprint density at radius 2 is 1.90 bits per heavy atom. The van der Waals surface area contributed by atoms with Crippen molar-refractivity contribution in [3.05, 3.63) is 0 Å². The van der Waals surface area contributed by atoms with Crippen LogP contribution >= 0.6 is 0 Å². The number of hydrogen-bond acceptors (Lipinski definition) is 4. The fourth-order valence-corrected chi connectivity index (χ4v) is 3.80. The zero-order valence-corrected chi connectivity index (χ0v) is 13.4. The first-order valence-corrected chi connectivity index (χ1v) is 8.28. The minimum absolute atomic E-state index is 0.157. The summed E-state index contributed by atoms with van der Waals surface area (Å²) in [5.74, 6) is 0.498. The Kier molecular flexibility index (Phi) is 4.14. The quantitative estimate of drug-likeness (QED) is 0.848. The summed E-state index contributed by atoms with van der Waals surface area (Å²) in [7, 11) is 0. The van der Waals surface area contributed by atoms with Gasteiger partial charge in [0, 0.05) is 18.5 Å². The molecule has 2 bridgehead atoms. The van der Waals surface area contributed by atoms with Gasteiger partial charge < -0.3 is 19.7 Å². The Morgan fingerprint density at radius 3 is 2.48 bits per heavy atom. The molecule has 5 heteroatoms. The van der Waals surface area contributed by atoms with Crippen LogP contribution in [-0.2, 0) is 9.47 Å². The van der Waals surface area contributed by atoms with Crippen molar-refractivity contribution in [3.8, 4) is 0 Å². The third-order valence-electron chi connectivity index (χ3n) is 4.76. The standard InChI is InChI=1S/C16H28N2O3/c1-16(2,3)21-15(19)18-10-11-8-12(18)9-14(11)20-13-4-6-17-7-5-13/h11-14,17H,4-10H2,1-3H3/t11?,12-,14-/m0/s1. The number of fused-ring (bicyclic) bond motifs is 2. The van der Waals surface area contributed by atoms with E-state index in [1.165, 1.54) is 0 Å². The van der Waals surface area contributed by atoms with Gasteiger partial charge in [0.1, 0.15) is 5.60 Å². The molecule has 2 heterocycles. The third-order valence-corrected chi connectivity index (χ3v) is 4.76. The molecule has 1 aliphatic carbocycles. The van der Waals surface area contributed by atoms with E-state index < -0.39 is 5.60 Å². The molecular formula is C16H28N2O3. The van der Waals surface area contributed by atoms with E-state index in [4.69, 9.17) is 9.47 Å². The van der Waals surface area contributed by atoms with Crippen molar-refractivity contribution in [2.75, 3.05) is 19.6 Å². The van der Waals surface area contributed by atoms with Gasteiger partial charge in [0.05, 0.1) is 12.2 Å². The molecule has 1 amide bonds. The maximum Gasteiger partial charge on any atom is 0.410 e. The summed E-state index contributed by atoms with van der Waals surface area (Å²) in [4.78, 5) is 14.1. The summed E-state index contributed by atoms with van der Waals surface area (Å²) >= 11 is 0. The minimum atomic E-state index is -0.413. The molecule has 0 aromatic rings. The summed E-state index contributed by atoms with van der Waals surface area (Å²) in [6.45, 7) is 8.69. The highest BCUT2D eigenvalue weighted by Gasteiger charge is 2.48. The van der Waals surface area contributed by atoms with Crippen LogP contribution in [0.4, 0.5) is 4.79 Å².